The van der Waals surface area contributed by atoms with Crippen LogP contribution in [0.5, 0.6) is 17.2 Å². The number of ether oxygens (including phenoxy) is 3. The van der Waals surface area contributed by atoms with E-state index in [4.69, 9.17) is 9.47 Å². The minimum absolute atomic E-state index is 0.118. The third kappa shape index (κ3) is 6.43. The molecule has 3 aromatic carbocycles. The predicted molar refractivity (Wildman–Crippen MR) is 115 cm³/mol. The maximum Gasteiger partial charge on any atom is 0.387 e. The Balaban J connectivity index is 1.54. The van der Waals surface area contributed by atoms with Crippen molar-refractivity contribution in [3.63, 3.8) is 0 Å². The predicted octanol–water partition coefficient (Wildman–Crippen LogP) is 4.57. The molecule has 7 nitrogen and oxygen atoms in total. The fraction of sp³-hybridized carbons (Fsp3) is 0.130. The largest absolute Gasteiger partial charge is 0.497 e. The van der Waals surface area contributed by atoms with E-state index in [1.807, 2.05) is 0 Å². The molecule has 0 radical (unpaired) electrons. The number of carbonyl (C=O) groups is 2. The summed E-state index contributed by atoms with van der Waals surface area (Å²) in [5, 5.41) is 5.22. The van der Waals surface area contributed by atoms with E-state index < -0.39 is 12.5 Å². The first-order valence-corrected chi connectivity index (χ1v) is 9.46. The van der Waals surface area contributed by atoms with Crippen LogP contribution in [-0.2, 0) is 4.79 Å². The van der Waals surface area contributed by atoms with Crippen LogP contribution in [0.1, 0.15) is 10.4 Å². The van der Waals surface area contributed by atoms with Gasteiger partial charge in [0.15, 0.2) is 6.61 Å². The molecule has 2 amide bonds. The minimum Gasteiger partial charge on any atom is -0.497 e. The van der Waals surface area contributed by atoms with Crippen molar-refractivity contribution < 1.29 is 32.6 Å². The van der Waals surface area contributed by atoms with Gasteiger partial charge in [-0.3, -0.25) is 9.59 Å². The zero-order chi connectivity index (χ0) is 22.9. The molecule has 0 bridgehead atoms. The van der Waals surface area contributed by atoms with Gasteiger partial charge in [0.1, 0.15) is 17.2 Å². The minimum atomic E-state index is -3.01. The molecule has 3 rings (SSSR count). The molecule has 3 aromatic rings. The van der Waals surface area contributed by atoms with Crippen LogP contribution < -0.4 is 24.8 Å². The van der Waals surface area contributed by atoms with Gasteiger partial charge in [0, 0.05) is 17.3 Å². The molecule has 0 aliphatic carbocycles. The average molecular weight is 442 g/mol. The summed E-state index contributed by atoms with van der Waals surface area (Å²) in [6.45, 7) is -3.24. The molecular weight excluding hydrogens is 422 g/mol. The first-order chi connectivity index (χ1) is 15.4. The lowest BCUT2D eigenvalue weighted by Crippen LogP contribution is -2.20. The van der Waals surface area contributed by atoms with Crippen molar-refractivity contribution >= 4 is 23.2 Å². The van der Waals surface area contributed by atoms with Crippen molar-refractivity contribution in [2.24, 2.45) is 0 Å². The fourth-order valence-electron chi connectivity index (χ4n) is 2.71. The number of para-hydroxylation sites is 2. The zero-order valence-corrected chi connectivity index (χ0v) is 17.0. The molecule has 0 saturated heterocycles. The summed E-state index contributed by atoms with van der Waals surface area (Å²) in [6.07, 6.45) is 0. The van der Waals surface area contributed by atoms with E-state index in [1.165, 1.54) is 49.6 Å². The van der Waals surface area contributed by atoms with Crippen molar-refractivity contribution in [2.75, 3.05) is 24.4 Å². The number of amides is 2. The van der Waals surface area contributed by atoms with E-state index in [2.05, 4.69) is 15.4 Å². The summed E-state index contributed by atoms with van der Waals surface area (Å²) in [5.74, 6) is -0.0315. The van der Waals surface area contributed by atoms with Crippen LogP contribution in [0.15, 0.2) is 72.8 Å². The van der Waals surface area contributed by atoms with Crippen molar-refractivity contribution in [3.8, 4) is 17.2 Å². The van der Waals surface area contributed by atoms with Gasteiger partial charge in [0.05, 0.1) is 12.8 Å². The Bertz CT molecular complexity index is 1070. The normalized spacial score (nSPS) is 10.4. The number of alkyl halides is 2. The molecule has 0 unspecified atom stereocenters. The van der Waals surface area contributed by atoms with E-state index >= 15 is 0 Å². The van der Waals surface area contributed by atoms with Gasteiger partial charge < -0.3 is 24.8 Å². The molecular formula is C23H20F2N2O5. The Kier molecular flexibility index (Phi) is 7.58. The van der Waals surface area contributed by atoms with E-state index in [1.54, 1.807) is 30.3 Å². The number of hydrogen-bond donors (Lipinski definition) is 2. The summed E-state index contributed by atoms with van der Waals surface area (Å²) < 4.78 is 39.9. The second-order valence-corrected chi connectivity index (χ2v) is 6.42. The highest BCUT2D eigenvalue weighted by atomic mass is 19.3. The molecule has 0 heterocycles. The highest BCUT2D eigenvalue weighted by Gasteiger charge is 2.13. The van der Waals surface area contributed by atoms with Crippen LogP contribution in [0, 0.1) is 0 Å². The third-order valence-corrected chi connectivity index (χ3v) is 4.19. The summed E-state index contributed by atoms with van der Waals surface area (Å²) in [4.78, 5) is 24.5. The molecule has 9 heteroatoms. The lowest BCUT2D eigenvalue weighted by atomic mass is 10.2. The van der Waals surface area contributed by atoms with Crippen LogP contribution in [0.2, 0.25) is 0 Å². The average Bonchev–Trinajstić information content (AvgIpc) is 2.79. The van der Waals surface area contributed by atoms with Gasteiger partial charge in [-0.15, -0.1) is 0 Å². The molecule has 2 N–H and O–H groups in total. The van der Waals surface area contributed by atoms with Crippen LogP contribution >= 0.6 is 0 Å². The molecule has 0 aliphatic rings. The molecule has 0 spiro atoms. The van der Waals surface area contributed by atoms with Crippen LogP contribution in [-0.4, -0.2) is 32.1 Å². The second kappa shape index (κ2) is 10.8. The number of carbonyl (C=O) groups excluding carboxylic acids is 2. The van der Waals surface area contributed by atoms with Gasteiger partial charge in [0.25, 0.3) is 11.8 Å². The van der Waals surface area contributed by atoms with Gasteiger partial charge >= 0.3 is 6.61 Å². The Hall–Kier alpha value is -4.14. The van der Waals surface area contributed by atoms with Crippen LogP contribution in [0.25, 0.3) is 0 Å². The summed E-state index contributed by atoms with van der Waals surface area (Å²) in [7, 11) is 1.53. The first-order valence-electron chi connectivity index (χ1n) is 9.46. The van der Waals surface area contributed by atoms with Gasteiger partial charge in [-0.1, -0.05) is 18.2 Å². The number of halogens is 2. The molecule has 0 atom stereocenters. The van der Waals surface area contributed by atoms with Gasteiger partial charge in [0.2, 0.25) is 0 Å². The van der Waals surface area contributed by atoms with Crippen LogP contribution in [0.4, 0.5) is 20.2 Å². The lowest BCUT2D eigenvalue weighted by Gasteiger charge is -2.12. The second-order valence-electron chi connectivity index (χ2n) is 6.42. The van der Waals surface area contributed by atoms with Crippen molar-refractivity contribution in [1.82, 2.24) is 0 Å². The van der Waals surface area contributed by atoms with Crippen molar-refractivity contribution in [3.05, 3.63) is 78.4 Å². The standard InChI is InChI=1S/C23H20F2N2O5/c1-30-18-6-4-5-16(13-18)26-21(28)14-31-17-11-9-15(10-12-17)22(29)27-19-7-2-3-8-20(19)32-23(24)25/h2-13,23H,14H2,1H3,(H,26,28)(H,27,29). The van der Waals surface area contributed by atoms with E-state index in [9.17, 15) is 18.4 Å². The third-order valence-electron chi connectivity index (χ3n) is 4.19. The Labute approximate surface area is 182 Å². The van der Waals surface area contributed by atoms with E-state index in [0.29, 0.717) is 17.2 Å². The molecule has 32 heavy (non-hydrogen) atoms. The number of benzene rings is 3. The fourth-order valence-corrected chi connectivity index (χ4v) is 2.71. The van der Waals surface area contributed by atoms with Gasteiger partial charge in [-0.05, 0) is 48.5 Å². The number of anilines is 2. The lowest BCUT2D eigenvalue weighted by molar-refractivity contribution is -0.118. The highest BCUT2D eigenvalue weighted by Crippen LogP contribution is 2.26. The smallest absolute Gasteiger partial charge is 0.387 e. The van der Waals surface area contributed by atoms with Gasteiger partial charge in [-0.25, -0.2) is 0 Å². The molecule has 0 aliphatic heterocycles. The maximum atomic E-state index is 12.5. The summed E-state index contributed by atoms with van der Waals surface area (Å²) >= 11 is 0. The number of rotatable bonds is 9. The quantitative estimate of drug-likeness (QED) is 0.507. The molecule has 0 saturated carbocycles. The van der Waals surface area contributed by atoms with Gasteiger partial charge in [-0.2, -0.15) is 8.78 Å². The SMILES string of the molecule is COc1cccc(NC(=O)COc2ccc(C(=O)Nc3ccccc3OC(F)F)cc2)c1. The zero-order valence-electron chi connectivity index (χ0n) is 17.0. The Morgan fingerprint density at radius 3 is 2.38 bits per heavy atom. The number of methoxy groups -OCH3 is 1. The van der Waals surface area contributed by atoms with Crippen molar-refractivity contribution in [2.45, 2.75) is 6.61 Å². The topological polar surface area (TPSA) is 85.9 Å². The highest BCUT2D eigenvalue weighted by molar-refractivity contribution is 6.05. The van der Waals surface area contributed by atoms with E-state index in [0.717, 1.165) is 0 Å². The van der Waals surface area contributed by atoms with E-state index in [-0.39, 0.29) is 29.5 Å². The summed E-state index contributed by atoms with van der Waals surface area (Å²) in [5.41, 5.74) is 0.957. The summed E-state index contributed by atoms with van der Waals surface area (Å²) in [6, 6.07) is 18.8. The molecule has 166 valence electrons. The van der Waals surface area contributed by atoms with Crippen molar-refractivity contribution in [1.29, 1.82) is 0 Å². The van der Waals surface area contributed by atoms with Crippen LogP contribution in [0.3, 0.4) is 0 Å². The Morgan fingerprint density at radius 2 is 1.66 bits per heavy atom. The molecule has 0 aromatic heterocycles. The monoisotopic (exact) mass is 442 g/mol. The number of hydrogen-bond acceptors (Lipinski definition) is 5. The number of nitrogens with one attached hydrogen (secondary N) is 2. The maximum absolute atomic E-state index is 12.5. The first kappa shape index (κ1) is 22.5. The Morgan fingerprint density at radius 1 is 0.906 bits per heavy atom. The molecule has 0 fully saturated rings.